The number of nitrogens with one attached hydrogen (secondary N) is 1. The number of rotatable bonds is 7. The van der Waals surface area contributed by atoms with Gasteiger partial charge in [-0.25, -0.2) is 4.39 Å². The van der Waals surface area contributed by atoms with Gasteiger partial charge in [0.05, 0.1) is 18.6 Å². The van der Waals surface area contributed by atoms with Crippen molar-refractivity contribution in [3.8, 4) is 16.9 Å². The summed E-state index contributed by atoms with van der Waals surface area (Å²) in [7, 11) is 1.56. The predicted molar refractivity (Wildman–Crippen MR) is 138 cm³/mol. The third-order valence-corrected chi connectivity index (χ3v) is 8.90. The fourth-order valence-corrected chi connectivity index (χ4v) is 7.01. The first kappa shape index (κ1) is 24.5. The Morgan fingerprint density at radius 1 is 1.08 bits per heavy atom. The Balaban J connectivity index is 1.27. The number of methoxy groups -OCH3 is 1. The number of carbonyl (C=O) groups excluding carboxylic acids is 1. The van der Waals surface area contributed by atoms with Crippen molar-refractivity contribution in [1.29, 1.82) is 0 Å². The molecule has 188 valence electrons. The van der Waals surface area contributed by atoms with E-state index in [1.54, 1.807) is 30.6 Å². The zero-order valence-corrected chi connectivity index (χ0v) is 21.5. The number of benzene rings is 2. The van der Waals surface area contributed by atoms with Crippen LogP contribution in [0.4, 0.5) is 4.39 Å². The van der Waals surface area contributed by atoms with Crippen molar-refractivity contribution in [2.45, 2.75) is 52.0 Å². The van der Waals surface area contributed by atoms with Gasteiger partial charge >= 0.3 is 5.97 Å². The number of hydrogen-bond acceptors (Lipinski definition) is 4. The van der Waals surface area contributed by atoms with Crippen LogP contribution in [0.1, 0.15) is 56.9 Å². The predicted octanol–water partition coefficient (Wildman–Crippen LogP) is 6.14. The Bertz CT molecular complexity index is 1320. The van der Waals surface area contributed by atoms with Gasteiger partial charge in [0.1, 0.15) is 11.6 Å². The molecule has 2 fully saturated rings. The SMILES string of the molecule is COc1ccc(F)c(-c2ccc(Cc3c(C)sc(C)c3C(=O)NC3CC4(C3)CC(C(=O)O)C4)cc2)c1. The second kappa shape index (κ2) is 9.36. The Morgan fingerprint density at radius 2 is 1.78 bits per heavy atom. The van der Waals surface area contributed by atoms with Gasteiger partial charge in [0.2, 0.25) is 0 Å². The van der Waals surface area contributed by atoms with E-state index >= 15 is 0 Å². The number of carbonyl (C=O) groups is 2. The van der Waals surface area contributed by atoms with Gasteiger partial charge in [0, 0.05) is 21.4 Å². The normalized spacial score (nSPS) is 22.6. The minimum absolute atomic E-state index is 0.0455. The molecule has 2 saturated carbocycles. The van der Waals surface area contributed by atoms with Gasteiger partial charge in [-0.05, 0) is 86.3 Å². The summed E-state index contributed by atoms with van der Waals surface area (Å²) >= 11 is 1.63. The number of ether oxygens (including phenoxy) is 1. The molecule has 2 aliphatic carbocycles. The van der Waals surface area contributed by atoms with Crippen LogP contribution in [-0.2, 0) is 11.2 Å². The monoisotopic (exact) mass is 507 g/mol. The van der Waals surface area contributed by atoms with Gasteiger partial charge in [-0.3, -0.25) is 9.59 Å². The molecule has 0 saturated heterocycles. The van der Waals surface area contributed by atoms with Crippen molar-refractivity contribution < 1.29 is 23.8 Å². The van der Waals surface area contributed by atoms with E-state index in [1.807, 2.05) is 38.1 Å². The first-order chi connectivity index (χ1) is 17.2. The quantitative estimate of drug-likeness (QED) is 0.403. The molecule has 7 heteroatoms. The lowest BCUT2D eigenvalue weighted by molar-refractivity contribution is -0.155. The van der Waals surface area contributed by atoms with Crippen LogP contribution in [0.25, 0.3) is 11.1 Å². The van der Waals surface area contributed by atoms with E-state index in [2.05, 4.69) is 5.32 Å². The molecule has 1 aromatic heterocycles. The smallest absolute Gasteiger partial charge is 0.306 e. The van der Waals surface area contributed by atoms with Gasteiger partial charge in [0.15, 0.2) is 0 Å². The molecule has 2 aliphatic rings. The number of thiophene rings is 1. The summed E-state index contributed by atoms with van der Waals surface area (Å²) in [6, 6.07) is 12.6. The minimum Gasteiger partial charge on any atom is -0.497 e. The lowest BCUT2D eigenvalue weighted by atomic mass is 9.50. The first-order valence-electron chi connectivity index (χ1n) is 12.2. The van der Waals surface area contributed by atoms with Crippen molar-refractivity contribution in [2.24, 2.45) is 11.3 Å². The minimum atomic E-state index is -0.705. The van der Waals surface area contributed by atoms with Crippen LogP contribution in [0.3, 0.4) is 0 Å². The van der Waals surface area contributed by atoms with Crippen molar-refractivity contribution in [3.05, 3.63) is 74.7 Å². The van der Waals surface area contributed by atoms with E-state index in [-0.39, 0.29) is 29.1 Å². The van der Waals surface area contributed by atoms with Crippen LogP contribution in [0.2, 0.25) is 0 Å². The van der Waals surface area contributed by atoms with Crippen LogP contribution < -0.4 is 10.1 Å². The van der Waals surface area contributed by atoms with Crippen LogP contribution in [0.5, 0.6) is 5.75 Å². The van der Waals surface area contributed by atoms with Crippen molar-refractivity contribution in [1.82, 2.24) is 5.32 Å². The summed E-state index contributed by atoms with van der Waals surface area (Å²) in [6.45, 7) is 4.03. The standard InChI is InChI=1S/C29H30FNO4S/c1-16-23(10-18-4-6-19(7-5-18)24-11-22(35-3)8-9-25(24)30)26(17(2)36-16)27(32)31-21-14-29(15-21)12-20(13-29)28(33)34/h4-9,11,20-21H,10,12-15H2,1-3H3,(H,31,32)(H,33,34). The maximum absolute atomic E-state index is 14.4. The molecule has 3 aromatic rings. The molecule has 36 heavy (non-hydrogen) atoms. The van der Waals surface area contributed by atoms with Gasteiger partial charge in [0.25, 0.3) is 5.91 Å². The molecule has 1 heterocycles. The average Bonchev–Trinajstić information content (AvgIpc) is 3.07. The Morgan fingerprint density at radius 3 is 2.42 bits per heavy atom. The lowest BCUT2D eigenvalue weighted by Crippen LogP contribution is -2.57. The van der Waals surface area contributed by atoms with E-state index in [0.29, 0.717) is 17.7 Å². The fraction of sp³-hybridized carbons (Fsp3) is 0.379. The van der Waals surface area contributed by atoms with Crippen LogP contribution in [-0.4, -0.2) is 30.1 Å². The largest absolute Gasteiger partial charge is 0.497 e. The second-order valence-corrected chi connectivity index (χ2v) is 11.7. The summed E-state index contributed by atoms with van der Waals surface area (Å²) in [5.41, 5.74) is 4.20. The molecule has 0 aliphatic heterocycles. The molecule has 0 radical (unpaired) electrons. The molecule has 0 unspecified atom stereocenters. The van der Waals surface area contributed by atoms with Gasteiger partial charge < -0.3 is 15.2 Å². The molecular weight excluding hydrogens is 477 g/mol. The second-order valence-electron chi connectivity index (χ2n) is 10.3. The van der Waals surface area contributed by atoms with Crippen molar-refractivity contribution >= 4 is 23.2 Å². The van der Waals surface area contributed by atoms with Gasteiger partial charge in [-0.1, -0.05) is 24.3 Å². The highest BCUT2D eigenvalue weighted by Gasteiger charge is 2.55. The highest BCUT2D eigenvalue weighted by molar-refractivity contribution is 7.12. The molecule has 2 aromatic carbocycles. The Hall–Kier alpha value is -3.19. The van der Waals surface area contributed by atoms with Crippen LogP contribution >= 0.6 is 11.3 Å². The van der Waals surface area contributed by atoms with E-state index in [0.717, 1.165) is 57.7 Å². The van der Waals surface area contributed by atoms with E-state index in [4.69, 9.17) is 9.84 Å². The van der Waals surface area contributed by atoms with Crippen molar-refractivity contribution in [2.75, 3.05) is 7.11 Å². The molecule has 5 rings (SSSR count). The molecule has 0 bridgehead atoms. The number of aryl methyl sites for hydroxylation is 2. The Labute approximate surface area is 214 Å². The fourth-order valence-electron chi connectivity index (χ4n) is 5.94. The third-order valence-electron chi connectivity index (χ3n) is 7.83. The number of aliphatic carboxylic acids is 1. The zero-order valence-electron chi connectivity index (χ0n) is 20.7. The maximum Gasteiger partial charge on any atom is 0.306 e. The maximum atomic E-state index is 14.4. The highest BCUT2D eigenvalue weighted by Crippen LogP contribution is 2.58. The number of hydrogen-bond donors (Lipinski definition) is 2. The third kappa shape index (κ3) is 4.52. The molecule has 5 nitrogen and oxygen atoms in total. The average molecular weight is 508 g/mol. The molecule has 2 N–H and O–H groups in total. The number of carboxylic acids is 1. The number of amides is 1. The summed E-state index contributed by atoms with van der Waals surface area (Å²) < 4.78 is 19.6. The van der Waals surface area contributed by atoms with Gasteiger partial charge in [-0.15, -0.1) is 11.3 Å². The van der Waals surface area contributed by atoms with E-state index in [1.165, 1.54) is 6.07 Å². The summed E-state index contributed by atoms with van der Waals surface area (Å²) in [4.78, 5) is 26.5. The number of halogens is 1. The summed E-state index contributed by atoms with van der Waals surface area (Å²) in [6.07, 6.45) is 3.80. The Kier molecular flexibility index (Phi) is 6.37. The summed E-state index contributed by atoms with van der Waals surface area (Å²) in [5.74, 6) is -0.668. The molecule has 0 atom stereocenters. The summed E-state index contributed by atoms with van der Waals surface area (Å²) in [5, 5.41) is 12.3. The number of carboxylic acid groups (broad SMARTS) is 1. The van der Waals surface area contributed by atoms with Gasteiger partial charge in [-0.2, -0.15) is 0 Å². The van der Waals surface area contributed by atoms with E-state index < -0.39 is 5.97 Å². The van der Waals surface area contributed by atoms with E-state index in [9.17, 15) is 14.0 Å². The molecule has 1 spiro atoms. The zero-order chi connectivity index (χ0) is 25.6. The molecular formula is C29H30FNO4S. The topological polar surface area (TPSA) is 75.6 Å². The molecule has 1 amide bonds. The lowest BCUT2D eigenvalue weighted by Gasteiger charge is -2.56. The van der Waals surface area contributed by atoms with Crippen LogP contribution in [0.15, 0.2) is 42.5 Å². The van der Waals surface area contributed by atoms with Crippen LogP contribution in [0, 0.1) is 31.0 Å². The highest BCUT2D eigenvalue weighted by atomic mass is 32.1. The first-order valence-corrected chi connectivity index (χ1v) is 13.0. The van der Waals surface area contributed by atoms with Crippen molar-refractivity contribution in [3.63, 3.8) is 0 Å².